The van der Waals surface area contributed by atoms with Gasteiger partial charge in [0.15, 0.2) is 0 Å². The zero-order valence-electron chi connectivity index (χ0n) is 11.6. The molecule has 0 aliphatic heterocycles. The highest BCUT2D eigenvalue weighted by Crippen LogP contribution is 2.21. The molecule has 0 aliphatic rings. The fourth-order valence-corrected chi connectivity index (χ4v) is 2.18. The molecule has 0 fully saturated rings. The molecule has 0 aromatic heterocycles. The van der Waals surface area contributed by atoms with E-state index in [9.17, 15) is 0 Å². The molecule has 0 amide bonds. The predicted molar refractivity (Wildman–Crippen MR) is 76.2 cm³/mol. The molecule has 1 heteroatoms. The molecule has 0 unspecified atom stereocenters. The Hall–Kier alpha value is -1.76. The second kappa shape index (κ2) is 5.26. The summed E-state index contributed by atoms with van der Waals surface area (Å²) in [6, 6.07) is 12.8. The van der Waals surface area contributed by atoms with Crippen LogP contribution in [0, 0.1) is 27.7 Å². The van der Waals surface area contributed by atoms with Crippen molar-refractivity contribution in [3.63, 3.8) is 0 Å². The van der Waals surface area contributed by atoms with Crippen LogP contribution in [-0.2, 0) is 6.61 Å². The summed E-state index contributed by atoms with van der Waals surface area (Å²) in [6.45, 7) is 9.04. The highest BCUT2D eigenvalue weighted by Gasteiger charge is 2.01. The molecular weight excluding hydrogens is 220 g/mol. The van der Waals surface area contributed by atoms with Crippen LogP contribution >= 0.6 is 0 Å². The van der Waals surface area contributed by atoms with E-state index in [2.05, 4.69) is 64.1 Å². The van der Waals surface area contributed by atoms with Gasteiger partial charge in [-0.2, -0.15) is 0 Å². The average Bonchev–Trinajstić information content (AvgIpc) is 2.29. The maximum absolute atomic E-state index is 5.91. The van der Waals surface area contributed by atoms with Crippen molar-refractivity contribution in [2.45, 2.75) is 34.3 Å². The van der Waals surface area contributed by atoms with Gasteiger partial charge in [0.05, 0.1) is 0 Å². The molecule has 2 aromatic rings. The second-order valence-electron chi connectivity index (χ2n) is 5.05. The zero-order valence-corrected chi connectivity index (χ0v) is 11.6. The van der Waals surface area contributed by atoms with Crippen molar-refractivity contribution in [3.05, 3.63) is 64.2 Å². The number of aryl methyl sites for hydroxylation is 4. The van der Waals surface area contributed by atoms with Gasteiger partial charge in [-0.25, -0.2) is 0 Å². The average molecular weight is 240 g/mol. The Morgan fingerprint density at radius 3 is 2.11 bits per heavy atom. The van der Waals surface area contributed by atoms with Crippen LogP contribution in [-0.4, -0.2) is 0 Å². The Labute approximate surface area is 109 Å². The number of ether oxygens (including phenoxy) is 1. The van der Waals surface area contributed by atoms with Gasteiger partial charge >= 0.3 is 0 Å². The smallest absolute Gasteiger partial charge is 0.122 e. The van der Waals surface area contributed by atoms with Gasteiger partial charge in [0.2, 0.25) is 0 Å². The summed E-state index contributed by atoms with van der Waals surface area (Å²) in [5.74, 6) is 0.981. The fraction of sp³-hybridized carbons (Fsp3) is 0.294. The quantitative estimate of drug-likeness (QED) is 0.767. The van der Waals surface area contributed by atoms with Gasteiger partial charge < -0.3 is 4.74 Å². The van der Waals surface area contributed by atoms with Crippen LogP contribution in [0.1, 0.15) is 27.8 Å². The van der Waals surface area contributed by atoms with Crippen LogP contribution in [0.5, 0.6) is 5.75 Å². The largest absolute Gasteiger partial charge is 0.489 e. The molecule has 0 radical (unpaired) electrons. The van der Waals surface area contributed by atoms with Crippen molar-refractivity contribution >= 4 is 0 Å². The molecular formula is C17H20O. The second-order valence-corrected chi connectivity index (χ2v) is 5.05. The molecule has 0 saturated heterocycles. The lowest BCUT2D eigenvalue weighted by Crippen LogP contribution is -1.98. The summed E-state index contributed by atoms with van der Waals surface area (Å²) in [4.78, 5) is 0. The standard InChI is InChI=1S/C17H20O/c1-12-5-6-15(4)17(10-12)18-11-16-8-13(2)7-14(3)9-16/h5-10H,11H2,1-4H3. The Bertz CT molecular complexity index is 535. The van der Waals surface area contributed by atoms with Crippen LogP contribution in [0.2, 0.25) is 0 Å². The molecule has 2 rings (SSSR count). The molecule has 1 nitrogen and oxygen atoms in total. The Morgan fingerprint density at radius 2 is 1.44 bits per heavy atom. The van der Waals surface area contributed by atoms with E-state index in [1.165, 1.54) is 27.8 Å². The number of benzene rings is 2. The van der Waals surface area contributed by atoms with E-state index in [1.54, 1.807) is 0 Å². The number of hydrogen-bond acceptors (Lipinski definition) is 1. The molecule has 0 heterocycles. The normalized spacial score (nSPS) is 10.4. The topological polar surface area (TPSA) is 9.23 Å². The monoisotopic (exact) mass is 240 g/mol. The van der Waals surface area contributed by atoms with Gasteiger partial charge in [-0.15, -0.1) is 0 Å². The summed E-state index contributed by atoms with van der Waals surface area (Å²) in [6.07, 6.45) is 0. The third-order valence-corrected chi connectivity index (χ3v) is 3.02. The lowest BCUT2D eigenvalue weighted by Gasteiger charge is -2.11. The van der Waals surface area contributed by atoms with Crippen LogP contribution in [0.3, 0.4) is 0 Å². The van der Waals surface area contributed by atoms with E-state index in [0.717, 1.165) is 5.75 Å². The van der Waals surface area contributed by atoms with Crippen LogP contribution in [0.25, 0.3) is 0 Å². The van der Waals surface area contributed by atoms with E-state index in [4.69, 9.17) is 4.74 Å². The highest BCUT2D eigenvalue weighted by atomic mass is 16.5. The molecule has 0 saturated carbocycles. The van der Waals surface area contributed by atoms with E-state index in [-0.39, 0.29) is 0 Å². The van der Waals surface area contributed by atoms with Crippen molar-refractivity contribution in [3.8, 4) is 5.75 Å². The maximum Gasteiger partial charge on any atom is 0.122 e. The Kier molecular flexibility index (Phi) is 3.71. The Morgan fingerprint density at radius 1 is 0.778 bits per heavy atom. The van der Waals surface area contributed by atoms with Gasteiger partial charge in [0.1, 0.15) is 12.4 Å². The van der Waals surface area contributed by atoms with Crippen molar-refractivity contribution in [2.24, 2.45) is 0 Å². The molecule has 0 aliphatic carbocycles. The third-order valence-electron chi connectivity index (χ3n) is 3.02. The van der Waals surface area contributed by atoms with E-state index in [0.29, 0.717) is 6.61 Å². The van der Waals surface area contributed by atoms with Crippen molar-refractivity contribution < 1.29 is 4.74 Å². The molecule has 0 spiro atoms. The first-order chi connectivity index (χ1) is 8.54. The van der Waals surface area contributed by atoms with Crippen molar-refractivity contribution in [2.75, 3.05) is 0 Å². The minimum Gasteiger partial charge on any atom is -0.489 e. The van der Waals surface area contributed by atoms with Gasteiger partial charge in [-0.3, -0.25) is 0 Å². The van der Waals surface area contributed by atoms with Crippen LogP contribution in [0.4, 0.5) is 0 Å². The third kappa shape index (κ3) is 3.13. The lowest BCUT2D eigenvalue weighted by molar-refractivity contribution is 0.304. The van der Waals surface area contributed by atoms with E-state index >= 15 is 0 Å². The molecule has 2 aromatic carbocycles. The summed E-state index contributed by atoms with van der Waals surface area (Å²) >= 11 is 0. The number of hydrogen-bond donors (Lipinski definition) is 0. The zero-order chi connectivity index (χ0) is 13.1. The summed E-state index contributed by atoms with van der Waals surface area (Å²) < 4.78 is 5.91. The first kappa shape index (κ1) is 12.7. The SMILES string of the molecule is Cc1cc(C)cc(COc2cc(C)ccc2C)c1. The summed E-state index contributed by atoms with van der Waals surface area (Å²) in [7, 11) is 0. The first-order valence-corrected chi connectivity index (χ1v) is 6.32. The molecule has 18 heavy (non-hydrogen) atoms. The maximum atomic E-state index is 5.91. The van der Waals surface area contributed by atoms with Gasteiger partial charge in [-0.05, 0) is 50.5 Å². The van der Waals surface area contributed by atoms with Crippen molar-refractivity contribution in [1.82, 2.24) is 0 Å². The van der Waals surface area contributed by atoms with E-state index < -0.39 is 0 Å². The fourth-order valence-electron chi connectivity index (χ4n) is 2.18. The van der Waals surface area contributed by atoms with Crippen LogP contribution in [0.15, 0.2) is 36.4 Å². The van der Waals surface area contributed by atoms with Gasteiger partial charge in [0, 0.05) is 0 Å². The molecule has 94 valence electrons. The summed E-state index contributed by atoms with van der Waals surface area (Å²) in [5, 5.41) is 0. The molecule has 0 N–H and O–H groups in total. The van der Waals surface area contributed by atoms with Crippen LogP contribution < -0.4 is 4.74 Å². The minimum atomic E-state index is 0.632. The molecule has 0 bridgehead atoms. The number of rotatable bonds is 3. The Balaban J connectivity index is 2.13. The minimum absolute atomic E-state index is 0.632. The summed E-state index contributed by atoms with van der Waals surface area (Å²) in [5.41, 5.74) is 6.22. The van der Waals surface area contributed by atoms with Crippen molar-refractivity contribution in [1.29, 1.82) is 0 Å². The lowest BCUT2D eigenvalue weighted by atomic mass is 10.1. The van der Waals surface area contributed by atoms with Gasteiger partial charge in [0.25, 0.3) is 0 Å². The van der Waals surface area contributed by atoms with E-state index in [1.807, 2.05) is 0 Å². The first-order valence-electron chi connectivity index (χ1n) is 6.32. The highest BCUT2D eigenvalue weighted by molar-refractivity contribution is 5.36. The predicted octanol–water partition coefficient (Wildman–Crippen LogP) is 4.50. The molecule has 0 atom stereocenters. The van der Waals surface area contributed by atoms with Gasteiger partial charge in [-0.1, -0.05) is 41.5 Å².